The predicted octanol–water partition coefficient (Wildman–Crippen LogP) is 3.56. The summed E-state index contributed by atoms with van der Waals surface area (Å²) in [6.45, 7) is 2.84. The van der Waals surface area contributed by atoms with Crippen LogP contribution in [0, 0.1) is 0 Å². The van der Waals surface area contributed by atoms with Crippen LogP contribution in [0.4, 0.5) is 5.69 Å². The van der Waals surface area contributed by atoms with Crippen LogP contribution in [0.5, 0.6) is 0 Å². The van der Waals surface area contributed by atoms with E-state index >= 15 is 0 Å². The minimum absolute atomic E-state index is 0.0618. The first-order valence-electron chi connectivity index (χ1n) is 6.45. The van der Waals surface area contributed by atoms with Crippen molar-refractivity contribution in [2.24, 2.45) is 0 Å². The first-order chi connectivity index (χ1) is 9.31. The molecular weight excluding hydrogens is 234 g/mol. The molecule has 2 aromatic rings. The van der Waals surface area contributed by atoms with Crippen molar-refractivity contribution in [2.45, 2.75) is 6.92 Å². The predicted molar refractivity (Wildman–Crippen MR) is 81.1 cm³/mol. The Morgan fingerprint density at radius 3 is 2.11 bits per heavy atom. The smallest absolute Gasteiger partial charge is 0.0687 e. The molecule has 2 rings (SSSR count). The van der Waals surface area contributed by atoms with Gasteiger partial charge in [0.1, 0.15) is 0 Å². The molecule has 0 aliphatic carbocycles. The maximum absolute atomic E-state index is 9.56. The first-order valence-corrected chi connectivity index (χ1v) is 6.45. The summed E-state index contributed by atoms with van der Waals surface area (Å²) in [6.07, 6.45) is 0. The van der Waals surface area contributed by atoms with E-state index in [0.29, 0.717) is 0 Å². The normalized spacial score (nSPS) is 11.9. The van der Waals surface area contributed by atoms with Crippen molar-refractivity contribution < 1.29 is 5.11 Å². The number of aliphatic hydroxyl groups excluding tert-OH is 1. The number of para-hydroxylation sites is 1. The molecule has 19 heavy (non-hydrogen) atoms. The van der Waals surface area contributed by atoms with Gasteiger partial charge in [-0.2, -0.15) is 0 Å². The second kappa shape index (κ2) is 6.76. The highest BCUT2D eigenvalue weighted by atomic mass is 16.3. The van der Waals surface area contributed by atoms with E-state index in [0.717, 1.165) is 28.9 Å². The highest BCUT2D eigenvalue weighted by Gasteiger charge is 2.04. The second-order valence-electron chi connectivity index (χ2n) is 4.50. The van der Waals surface area contributed by atoms with Crippen LogP contribution in [-0.4, -0.2) is 18.3 Å². The molecule has 0 saturated heterocycles. The number of nitrogens with one attached hydrogen (secondary N) is 1. The van der Waals surface area contributed by atoms with E-state index in [-0.39, 0.29) is 6.61 Å². The molecule has 0 heterocycles. The fraction of sp³-hybridized carbons (Fsp3) is 0.176. The van der Waals surface area contributed by atoms with Gasteiger partial charge in [-0.05, 0) is 35.8 Å². The Kier molecular flexibility index (Phi) is 4.76. The number of hydrogen-bond donors (Lipinski definition) is 2. The monoisotopic (exact) mass is 253 g/mol. The lowest BCUT2D eigenvalue weighted by Crippen LogP contribution is -2.06. The van der Waals surface area contributed by atoms with Gasteiger partial charge in [-0.25, -0.2) is 0 Å². The standard InChI is InChI=1S/C17H19NO/c1-14(12-18-16-10-6-3-7-11-16)17(13-19)15-8-4-2-5-9-15/h2-11,18-19H,12-13H2,1H3/b17-14+. The molecule has 2 heteroatoms. The van der Waals surface area contributed by atoms with E-state index in [9.17, 15) is 5.11 Å². The van der Waals surface area contributed by atoms with Crippen LogP contribution in [-0.2, 0) is 0 Å². The van der Waals surface area contributed by atoms with Crippen molar-refractivity contribution in [3.05, 3.63) is 71.8 Å². The van der Waals surface area contributed by atoms with E-state index in [1.165, 1.54) is 0 Å². The first kappa shape index (κ1) is 13.4. The van der Waals surface area contributed by atoms with Crippen LogP contribution in [0.25, 0.3) is 5.57 Å². The number of benzene rings is 2. The fourth-order valence-electron chi connectivity index (χ4n) is 2.01. The molecule has 98 valence electrons. The number of anilines is 1. The van der Waals surface area contributed by atoms with Gasteiger partial charge in [-0.3, -0.25) is 0 Å². The fourth-order valence-corrected chi connectivity index (χ4v) is 2.01. The van der Waals surface area contributed by atoms with Crippen molar-refractivity contribution in [3.63, 3.8) is 0 Å². The van der Waals surface area contributed by atoms with E-state index < -0.39 is 0 Å². The van der Waals surface area contributed by atoms with Gasteiger partial charge in [-0.1, -0.05) is 48.5 Å². The van der Waals surface area contributed by atoms with Gasteiger partial charge in [0.25, 0.3) is 0 Å². The quantitative estimate of drug-likeness (QED) is 0.854. The van der Waals surface area contributed by atoms with Gasteiger partial charge < -0.3 is 10.4 Å². The highest BCUT2D eigenvalue weighted by Crippen LogP contribution is 2.18. The van der Waals surface area contributed by atoms with Gasteiger partial charge >= 0.3 is 0 Å². The van der Waals surface area contributed by atoms with Crippen molar-refractivity contribution >= 4 is 11.3 Å². The summed E-state index contributed by atoms with van der Waals surface area (Å²) in [5.74, 6) is 0. The van der Waals surface area contributed by atoms with Crippen LogP contribution < -0.4 is 5.32 Å². The average molecular weight is 253 g/mol. The average Bonchev–Trinajstić information content (AvgIpc) is 2.48. The highest BCUT2D eigenvalue weighted by molar-refractivity contribution is 5.69. The number of hydrogen-bond acceptors (Lipinski definition) is 2. The van der Waals surface area contributed by atoms with Gasteiger partial charge in [0, 0.05) is 12.2 Å². The molecule has 2 N–H and O–H groups in total. The summed E-state index contributed by atoms with van der Waals surface area (Å²) in [5, 5.41) is 12.9. The van der Waals surface area contributed by atoms with Crippen LogP contribution in [0.3, 0.4) is 0 Å². The molecule has 2 aromatic carbocycles. The Labute approximate surface area is 114 Å². The third-order valence-electron chi connectivity index (χ3n) is 3.13. The molecule has 0 radical (unpaired) electrons. The molecule has 0 atom stereocenters. The maximum atomic E-state index is 9.56. The minimum Gasteiger partial charge on any atom is -0.392 e. The molecule has 0 fully saturated rings. The molecule has 0 unspecified atom stereocenters. The zero-order valence-corrected chi connectivity index (χ0v) is 11.1. The van der Waals surface area contributed by atoms with Crippen molar-refractivity contribution in [3.8, 4) is 0 Å². The molecule has 0 aliphatic rings. The van der Waals surface area contributed by atoms with Crippen LogP contribution in [0.2, 0.25) is 0 Å². The van der Waals surface area contributed by atoms with Crippen LogP contribution >= 0.6 is 0 Å². The summed E-state index contributed by atoms with van der Waals surface area (Å²) >= 11 is 0. The molecule has 0 aliphatic heterocycles. The van der Waals surface area contributed by atoms with E-state index in [2.05, 4.69) is 12.2 Å². The number of rotatable bonds is 5. The van der Waals surface area contributed by atoms with Gasteiger partial charge in [0.15, 0.2) is 0 Å². The van der Waals surface area contributed by atoms with Gasteiger partial charge in [0.2, 0.25) is 0 Å². The Balaban J connectivity index is 2.11. The Morgan fingerprint density at radius 2 is 1.53 bits per heavy atom. The van der Waals surface area contributed by atoms with E-state index in [4.69, 9.17) is 0 Å². The zero-order chi connectivity index (χ0) is 13.5. The Bertz CT molecular complexity index is 532. The summed E-state index contributed by atoms with van der Waals surface area (Å²) in [5.41, 5.74) is 4.31. The van der Waals surface area contributed by atoms with E-state index in [1.54, 1.807) is 0 Å². The third kappa shape index (κ3) is 3.70. The lowest BCUT2D eigenvalue weighted by atomic mass is 10.0. The number of aliphatic hydroxyl groups is 1. The SMILES string of the molecule is C/C(CNc1ccccc1)=C(/CO)c1ccccc1. The second-order valence-corrected chi connectivity index (χ2v) is 4.50. The lowest BCUT2D eigenvalue weighted by molar-refractivity contribution is 0.349. The molecule has 0 bridgehead atoms. The molecule has 0 saturated carbocycles. The third-order valence-corrected chi connectivity index (χ3v) is 3.13. The Morgan fingerprint density at radius 1 is 0.947 bits per heavy atom. The largest absolute Gasteiger partial charge is 0.392 e. The van der Waals surface area contributed by atoms with Crippen LogP contribution in [0.1, 0.15) is 12.5 Å². The zero-order valence-electron chi connectivity index (χ0n) is 11.1. The van der Waals surface area contributed by atoms with Crippen molar-refractivity contribution in [1.82, 2.24) is 0 Å². The summed E-state index contributed by atoms with van der Waals surface area (Å²) < 4.78 is 0. The van der Waals surface area contributed by atoms with Crippen molar-refractivity contribution in [2.75, 3.05) is 18.5 Å². The summed E-state index contributed by atoms with van der Waals surface area (Å²) in [4.78, 5) is 0. The van der Waals surface area contributed by atoms with Gasteiger partial charge in [0.05, 0.1) is 6.61 Å². The summed E-state index contributed by atoms with van der Waals surface area (Å²) in [6, 6.07) is 20.1. The maximum Gasteiger partial charge on any atom is 0.0687 e. The topological polar surface area (TPSA) is 32.3 Å². The minimum atomic E-state index is 0.0618. The Hall–Kier alpha value is -2.06. The lowest BCUT2D eigenvalue weighted by Gasteiger charge is -2.12. The van der Waals surface area contributed by atoms with E-state index in [1.807, 2.05) is 60.7 Å². The molecular formula is C17H19NO. The molecule has 0 spiro atoms. The molecule has 2 nitrogen and oxygen atoms in total. The summed E-state index contributed by atoms with van der Waals surface area (Å²) in [7, 11) is 0. The molecule has 0 aromatic heterocycles. The van der Waals surface area contributed by atoms with Crippen LogP contribution in [0.15, 0.2) is 66.2 Å². The van der Waals surface area contributed by atoms with Gasteiger partial charge in [-0.15, -0.1) is 0 Å². The molecule has 0 amide bonds. The van der Waals surface area contributed by atoms with Crippen molar-refractivity contribution in [1.29, 1.82) is 0 Å².